The van der Waals surface area contributed by atoms with Crippen molar-refractivity contribution in [3.63, 3.8) is 0 Å². The third kappa shape index (κ3) is 9.07. The van der Waals surface area contributed by atoms with E-state index in [1.54, 1.807) is 41.0 Å². The van der Waals surface area contributed by atoms with E-state index < -0.39 is 29.4 Å². The van der Waals surface area contributed by atoms with Crippen LogP contribution in [0.2, 0.25) is 0 Å². The van der Waals surface area contributed by atoms with Crippen molar-refractivity contribution >= 4 is 40.3 Å². The van der Waals surface area contributed by atoms with Crippen molar-refractivity contribution in [2.75, 3.05) is 22.9 Å². The van der Waals surface area contributed by atoms with Gasteiger partial charge in [-0.15, -0.1) is 0 Å². The number of carboxylic acids is 1. The van der Waals surface area contributed by atoms with Crippen molar-refractivity contribution in [2.24, 2.45) is 0 Å². The number of pyridine rings is 1. The first kappa shape index (κ1) is 30.6. The van der Waals surface area contributed by atoms with Crippen molar-refractivity contribution in [1.29, 1.82) is 0 Å². The van der Waals surface area contributed by atoms with Gasteiger partial charge in [-0.25, -0.2) is 4.21 Å². The minimum absolute atomic E-state index is 0.327. The number of amides is 1. The molecule has 9 heteroatoms. The fourth-order valence-electron chi connectivity index (χ4n) is 3.76. The third-order valence-electron chi connectivity index (χ3n) is 5.62. The maximum Gasteiger partial charge on any atom is 0.322 e. The molecule has 4 rings (SSSR count). The van der Waals surface area contributed by atoms with Crippen LogP contribution in [0.15, 0.2) is 108 Å². The Hall–Kier alpha value is -3.95. The Morgan fingerprint density at radius 2 is 1.68 bits per heavy atom. The van der Waals surface area contributed by atoms with Gasteiger partial charge in [-0.3, -0.25) is 18.9 Å². The molecule has 0 saturated heterocycles. The minimum atomic E-state index is -1.54. The van der Waals surface area contributed by atoms with Gasteiger partial charge in [0.2, 0.25) is 0 Å². The summed E-state index contributed by atoms with van der Waals surface area (Å²) in [7, 11) is -1.54. The summed E-state index contributed by atoms with van der Waals surface area (Å²) in [6.45, 7) is 2.03. The van der Waals surface area contributed by atoms with Gasteiger partial charge in [-0.1, -0.05) is 61.5 Å². The lowest BCUT2D eigenvalue weighted by atomic mass is 9.98. The minimum Gasteiger partial charge on any atom is -0.480 e. The van der Waals surface area contributed by atoms with E-state index in [-0.39, 0.29) is 0 Å². The number of nitrogens with one attached hydrogen (secondary N) is 1. The van der Waals surface area contributed by atoms with Crippen LogP contribution >= 0.6 is 11.8 Å². The number of rotatable bonds is 11. The van der Waals surface area contributed by atoms with E-state index in [4.69, 9.17) is 5.11 Å². The second kappa shape index (κ2) is 16.2. The molecule has 1 heterocycles. The molecule has 1 amide bonds. The SMILES string of the molecule is CCCSC.O=C(O)CNC(=O)c1ccc(N(Cc2cccnc2)S(=O)c2ccccc2)cc1-c1ccccc1. The van der Waals surface area contributed by atoms with Gasteiger partial charge in [0.25, 0.3) is 5.91 Å². The van der Waals surface area contributed by atoms with Crippen molar-refractivity contribution in [2.45, 2.75) is 24.8 Å². The summed E-state index contributed by atoms with van der Waals surface area (Å²) in [4.78, 5) is 28.6. The smallest absolute Gasteiger partial charge is 0.322 e. The van der Waals surface area contributed by atoms with Crippen LogP contribution in [0.3, 0.4) is 0 Å². The number of hydrogen-bond acceptors (Lipinski definition) is 5. The van der Waals surface area contributed by atoms with E-state index in [0.29, 0.717) is 28.3 Å². The molecule has 0 aliphatic carbocycles. The lowest BCUT2D eigenvalue weighted by Gasteiger charge is -2.25. The zero-order valence-electron chi connectivity index (χ0n) is 22.5. The van der Waals surface area contributed by atoms with Crippen LogP contribution in [-0.2, 0) is 22.3 Å². The topological polar surface area (TPSA) is 99.6 Å². The first-order chi connectivity index (χ1) is 19.4. The van der Waals surface area contributed by atoms with E-state index in [1.807, 2.05) is 78.5 Å². The second-order valence-corrected chi connectivity index (χ2v) is 11.0. The first-order valence-electron chi connectivity index (χ1n) is 12.8. The molecular formula is C31H33N3O4S2. The molecule has 208 valence electrons. The molecular weight excluding hydrogens is 542 g/mol. The number of aromatic nitrogens is 1. The fraction of sp³-hybridized carbons (Fsp3) is 0.194. The predicted octanol–water partition coefficient (Wildman–Crippen LogP) is 6.05. The predicted molar refractivity (Wildman–Crippen MR) is 164 cm³/mol. The molecule has 3 aromatic carbocycles. The fourth-order valence-corrected chi connectivity index (χ4v) is 5.39. The maximum absolute atomic E-state index is 13.7. The van der Waals surface area contributed by atoms with Crippen LogP contribution in [0.4, 0.5) is 5.69 Å². The Bertz CT molecular complexity index is 1390. The van der Waals surface area contributed by atoms with Crippen LogP contribution in [0, 0.1) is 0 Å². The maximum atomic E-state index is 13.7. The Balaban J connectivity index is 0.000000810. The average Bonchev–Trinajstić information content (AvgIpc) is 3.00. The van der Waals surface area contributed by atoms with Crippen LogP contribution < -0.4 is 9.62 Å². The molecule has 0 saturated carbocycles. The van der Waals surface area contributed by atoms with Crippen molar-refractivity contribution in [1.82, 2.24) is 10.3 Å². The van der Waals surface area contributed by atoms with E-state index >= 15 is 0 Å². The zero-order chi connectivity index (χ0) is 28.7. The number of hydrogen-bond donors (Lipinski definition) is 2. The van der Waals surface area contributed by atoms with E-state index in [9.17, 15) is 13.8 Å². The van der Waals surface area contributed by atoms with Gasteiger partial charge in [-0.2, -0.15) is 11.8 Å². The van der Waals surface area contributed by atoms with Crippen LogP contribution in [0.25, 0.3) is 11.1 Å². The van der Waals surface area contributed by atoms with E-state index in [1.165, 1.54) is 12.2 Å². The summed E-state index contributed by atoms with van der Waals surface area (Å²) in [6.07, 6.45) is 6.84. The van der Waals surface area contributed by atoms with Gasteiger partial charge in [-0.05, 0) is 71.5 Å². The molecule has 0 aliphatic heterocycles. The molecule has 1 atom stereocenters. The molecule has 0 bridgehead atoms. The van der Waals surface area contributed by atoms with Gasteiger partial charge in [0.15, 0.2) is 11.0 Å². The third-order valence-corrected chi connectivity index (χ3v) is 7.86. The quantitative estimate of drug-likeness (QED) is 0.226. The highest BCUT2D eigenvalue weighted by atomic mass is 32.2. The van der Waals surface area contributed by atoms with Crippen LogP contribution in [-0.4, -0.2) is 44.7 Å². The summed E-state index contributed by atoms with van der Waals surface area (Å²) < 4.78 is 15.4. The summed E-state index contributed by atoms with van der Waals surface area (Å²) in [5.41, 5.74) is 3.23. The Labute approximate surface area is 242 Å². The number of thioether (sulfide) groups is 1. The summed E-state index contributed by atoms with van der Waals surface area (Å²) in [5, 5.41) is 11.4. The molecule has 0 fully saturated rings. The highest BCUT2D eigenvalue weighted by Gasteiger charge is 2.21. The molecule has 0 aliphatic rings. The summed E-state index contributed by atoms with van der Waals surface area (Å²) in [6, 6.07) is 27.4. The summed E-state index contributed by atoms with van der Waals surface area (Å²) in [5.74, 6) is -0.321. The summed E-state index contributed by atoms with van der Waals surface area (Å²) >= 11 is 1.90. The zero-order valence-corrected chi connectivity index (χ0v) is 24.2. The largest absolute Gasteiger partial charge is 0.480 e. The number of carbonyl (C=O) groups is 2. The van der Waals surface area contributed by atoms with Gasteiger partial charge in [0, 0.05) is 18.0 Å². The molecule has 0 radical (unpaired) electrons. The standard InChI is InChI=1S/C27H23N3O4S.C4H10S/c31-26(32)18-29-27(33)24-14-13-22(16-25(24)21-9-3-1-4-10-21)30(19-20-8-7-15-28-17-20)35(34)23-11-5-2-6-12-23;1-3-4-5-2/h1-17H,18-19H2,(H,29,33)(H,31,32);3-4H2,1-2H3. The number of nitrogens with zero attached hydrogens (tertiary/aromatic N) is 2. The highest BCUT2D eigenvalue weighted by molar-refractivity contribution is 7.98. The molecule has 7 nitrogen and oxygen atoms in total. The molecule has 0 spiro atoms. The average molecular weight is 576 g/mol. The van der Waals surface area contributed by atoms with E-state index in [2.05, 4.69) is 23.5 Å². The van der Waals surface area contributed by atoms with E-state index in [0.717, 1.165) is 11.1 Å². The molecule has 40 heavy (non-hydrogen) atoms. The number of anilines is 1. The molecule has 1 unspecified atom stereocenters. The molecule has 2 N–H and O–H groups in total. The van der Waals surface area contributed by atoms with Gasteiger partial charge in [0.1, 0.15) is 6.54 Å². The first-order valence-corrected chi connectivity index (χ1v) is 15.3. The Morgan fingerprint density at radius 3 is 2.25 bits per heavy atom. The van der Waals surface area contributed by atoms with Gasteiger partial charge >= 0.3 is 5.97 Å². The van der Waals surface area contributed by atoms with Crippen molar-refractivity contribution in [3.8, 4) is 11.1 Å². The van der Waals surface area contributed by atoms with Crippen molar-refractivity contribution in [3.05, 3.63) is 115 Å². The normalized spacial score (nSPS) is 11.1. The van der Waals surface area contributed by atoms with Gasteiger partial charge in [0.05, 0.1) is 17.1 Å². The number of benzene rings is 3. The second-order valence-electron chi connectivity index (χ2n) is 8.63. The monoisotopic (exact) mass is 575 g/mol. The molecule has 4 aromatic rings. The molecule has 1 aromatic heterocycles. The lowest BCUT2D eigenvalue weighted by Crippen LogP contribution is -2.30. The van der Waals surface area contributed by atoms with Gasteiger partial charge < -0.3 is 10.4 Å². The number of carboxylic acid groups (broad SMARTS) is 1. The lowest BCUT2D eigenvalue weighted by molar-refractivity contribution is -0.135. The Morgan fingerprint density at radius 1 is 0.975 bits per heavy atom. The highest BCUT2D eigenvalue weighted by Crippen LogP contribution is 2.31. The number of carbonyl (C=O) groups excluding carboxylic acids is 1. The van der Waals surface area contributed by atoms with Crippen LogP contribution in [0.5, 0.6) is 0 Å². The Kier molecular flexibility index (Phi) is 12.4. The number of aliphatic carboxylic acids is 1. The van der Waals surface area contributed by atoms with Crippen molar-refractivity contribution < 1.29 is 18.9 Å². The van der Waals surface area contributed by atoms with Crippen LogP contribution in [0.1, 0.15) is 29.3 Å².